The zero-order valence-electron chi connectivity index (χ0n) is 16.4. The molecule has 0 saturated carbocycles. The van der Waals surface area contributed by atoms with Crippen LogP contribution in [0.25, 0.3) is 0 Å². The molecule has 1 aromatic rings. The van der Waals surface area contributed by atoms with Gasteiger partial charge in [0.1, 0.15) is 18.5 Å². The molecular formula is C19H25Cl2N5O3. The summed E-state index contributed by atoms with van der Waals surface area (Å²) in [5.74, 6) is -0.233. The van der Waals surface area contributed by atoms with Crippen LogP contribution in [0.3, 0.4) is 0 Å². The number of carbonyl (C=O) groups excluding carboxylic acids is 2. The Morgan fingerprint density at radius 2 is 2.03 bits per heavy atom. The highest BCUT2D eigenvalue weighted by atomic mass is 35.5. The fourth-order valence-corrected chi connectivity index (χ4v) is 4.50. The number of urea groups is 1. The highest BCUT2D eigenvalue weighted by molar-refractivity contribution is 6.42. The number of imide groups is 1. The van der Waals surface area contributed by atoms with Crippen LogP contribution in [0.1, 0.15) is 18.4 Å². The molecule has 0 bridgehead atoms. The van der Waals surface area contributed by atoms with E-state index < -0.39 is 12.2 Å². The Hall–Kier alpha value is -1.42. The van der Waals surface area contributed by atoms with Crippen molar-refractivity contribution in [3.8, 4) is 0 Å². The Morgan fingerprint density at radius 3 is 2.72 bits per heavy atom. The third kappa shape index (κ3) is 3.97. The molecule has 8 nitrogen and oxygen atoms in total. The lowest BCUT2D eigenvalue weighted by Gasteiger charge is -2.40. The van der Waals surface area contributed by atoms with Crippen molar-refractivity contribution in [3.63, 3.8) is 0 Å². The Kier molecular flexibility index (Phi) is 6.02. The average molecular weight is 442 g/mol. The van der Waals surface area contributed by atoms with E-state index in [1.165, 1.54) is 4.90 Å². The number of halogens is 2. The van der Waals surface area contributed by atoms with Gasteiger partial charge in [0.2, 0.25) is 0 Å². The van der Waals surface area contributed by atoms with Gasteiger partial charge in [-0.15, -0.1) is 0 Å². The molecule has 3 heterocycles. The number of amides is 3. The number of nitrogens with one attached hydrogen (secondary N) is 2. The predicted octanol–water partition coefficient (Wildman–Crippen LogP) is 1.67. The molecule has 3 amide bonds. The van der Waals surface area contributed by atoms with E-state index in [1.54, 1.807) is 30.1 Å². The number of benzene rings is 1. The monoisotopic (exact) mass is 441 g/mol. The summed E-state index contributed by atoms with van der Waals surface area (Å²) in [5.41, 5.74) is 0.746. The maximum absolute atomic E-state index is 13.3. The Bertz CT molecular complexity index is 804. The fraction of sp³-hybridized carbons (Fsp3) is 0.579. The summed E-state index contributed by atoms with van der Waals surface area (Å²) in [6.45, 7) is 1.58. The van der Waals surface area contributed by atoms with Crippen molar-refractivity contribution >= 4 is 35.1 Å². The molecule has 3 aliphatic rings. The predicted molar refractivity (Wildman–Crippen MR) is 109 cm³/mol. The van der Waals surface area contributed by atoms with Crippen molar-refractivity contribution in [3.05, 3.63) is 33.8 Å². The Balaban J connectivity index is 1.51. The number of ether oxygens (including phenoxy) is 1. The van der Waals surface area contributed by atoms with E-state index in [0.29, 0.717) is 16.7 Å². The number of hydrogen-bond acceptors (Lipinski definition) is 6. The molecule has 158 valence electrons. The lowest BCUT2D eigenvalue weighted by atomic mass is 10.1. The third-order valence-electron chi connectivity index (χ3n) is 5.82. The second kappa shape index (κ2) is 8.37. The molecule has 0 radical (unpaired) electrons. The first kappa shape index (κ1) is 20.8. The van der Waals surface area contributed by atoms with Crippen LogP contribution in [0.5, 0.6) is 0 Å². The fourth-order valence-electron chi connectivity index (χ4n) is 4.18. The van der Waals surface area contributed by atoms with E-state index in [1.807, 2.05) is 11.9 Å². The average Bonchev–Trinajstić information content (AvgIpc) is 3.03. The molecule has 0 aliphatic carbocycles. The van der Waals surface area contributed by atoms with Gasteiger partial charge in [-0.2, -0.15) is 0 Å². The number of rotatable bonds is 4. The summed E-state index contributed by atoms with van der Waals surface area (Å²) in [5, 5.41) is 7.72. The first-order valence-electron chi connectivity index (χ1n) is 9.70. The van der Waals surface area contributed by atoms with Gasteiger partial charge in [0.05, 0.1) is 23.2 Å². The highest BCUT2D eigenvalue weighted by Gasteiger charge is 2.53. The molecule has 3 aliphatic heterocycles. The summed E-state index contributed by atoms with van der Waals surface area (Å²) < 4.78 is 5.54. The normalized spacial score (nSPS) is 30.8. The second-order valence-electron chi connectivity index (χ2n) is 7.77. The molecule has 0 aromatic heterocycles. The minimum Gasteiger partial charge on any atom is -0.380 e. The summed E-state index contributed by atoms with van der Waals surface area (Å²) >= 11 is 12.1. The van der Waals surface area contributed by atoms with E-state index in [9.17, 15) is 9.59 Å². The summed E-state index contributed by atoms with van der Waals surface area (Å²) in [6, 6.07) is 4.51. The first-order chi connectivity index (χ1) is 13.9. The van der Waals surface area contributed by atoms with Gasteiger partial charge in [0.15, 0.2) is 0 Å². The van der Waals surface area contributed by atoms with Gasteiger partial charge in [-0.1, -0.05) is 29.3 Å². The van der Waals surface area contributed by atoms with Crippen molar-refractivity contribution in [2.45, 2.75) is 43.9 Å². The van der Waals surface area contributed by atoms with E-state index in [2.05, 4.69) is 10.6 Å². The number of hydrogen-bond donors (Lipinski definition) is 2. The minimum atomic E-state index is -0.484. The molecule has 10 heteroatoms. The van der Waals surface area contributed by atoms with Crippen LogP contribution in [-0.4, -0.2) is 78.5 Å². The first-order valence-corrected chi connectivity index (χ1v) is 10.5. The molecule has 2 N–H and O–H groups in total. The zero-order valence-corrected chi connectivity index (χ0v) is 17.9. The van der Waals surface area contributed by atoms with E-state index in [0.717, 1.165) is 25.0 Å². The van der Waals surface area contributed by atoms with E-state index >= 15 is 0 Å². The van der Waals surface area contributed by atoms with Gasteiger partial charge >= 0.3 is 6.03 Å². The third-order valence-corrected chi connectivity index (χ3v) is 6.56. The number of carbonyl (C=O) groups is 2. The van der Waals surface area contributed by atoms with Crippen molar-refractivity contribution in [1.29, 1.82) is 0 Å². The molecule has 4 rings (SSSR count). The van der Waals surface area contributed by atoms with E-state index in [4.69, 9.17) is 27.9 Å². The summed E-state index contributed by atoms with van der Waals surface area (Å²) in [4.78, 5) is 31.0. The lowest BCUT2D eigenvalue weighted by Crippen LogP contribution is -2.65. The van der Waals surface area contributed by atoms with Crippen LogP contribution in [0, 0.1) is 0 Å². The summed E-state index contributed by atoms with van der Waals surface area (Å²) in [6.07, 6.45) is 1.41. The van der Waals surface area contributed by atoms with Gasteiger partial charge in [-0.25, -0.2) is 4.79 Å². The molecule has 3 unspecified atom stereocenters. The van der Waals surface area contributed by atoms with E-state index in [-0.39, 0.29) is 30.8 Å². The van der Waals surface area contributed by atoms with Crippen LogP contribution in [0.4, 0.5) is 4.79 Å². The molecule has 3 saturated heterocycles. The van der Waals surface area contributed by atoms with Crippen molar-refractivity contribution < 1.29 is 14.3 Å². The minimum absolute atomic E-state index is 0.143. The van der Waals surface area contributed by atoms with Gasteiger partial charge < -0.3 is 9.64 Å². The number of fused-ring (bicyclic) bond motifs is 1. The summed E-state index contributed by atoms with van der Waals surface area (Å²) in [7, 11) is 3.60. The lowest BCUT2D eigenvalue weighted by molar-refractivity contribution is -0.138. The quantitative estimate of drug-likeness (QED) is 0.739. The van der Waals surface area contributed by atoms with Gasteiger partial charge in [0.25, 0.3) is 5.91 Å². The van der Waals surface area contributed by atoms with Crippen LogP contribution < -0.4 is 10.6 Å². The second-order valence-corrected chi connectivity index (χ2v) is 8.59. The zero-order chi connectivity index (χ0) is 20.7. The van der Waals surface area contributed by atoms with Crippen molar-refractivity contribution in [2.24, 2.45) is 0 Å². The molecule has 1 aromatic carbocycles. The van der Waals surface area contributed by atoms with Crippen molar-refractivity contribution in [2.75, 3.05) is 27.3 Å². The van der Waals surface area contributed by atoms with Crippen LogP contribution in [0.15, 0.2) is 18.2 Å². The maximum atomic E-state index is 13.3. The van der Waals surface area contributed by atoms with Crippen LogP contribution in [0.2, 0.25) is 10.0 Å². The number of likely N-dealkylation sites (N-methyl/N-ethyl adjacent to an activating group) is 2. The Morgan fingerprint density at radius 1 is 1.24 bits per heavy atom. The molecular weight excluding hydrogens is 417 g/mol. The van der Waals surface area contributed by atoms with Gasteiger partial charge in [-0.3, -0.25) is 25.2 Å². The maximum Gasteiger partial charge on any atom is 0.328 e. The largest absolute Gasteiger partial charge is 0.380 e. The molecule has 4 atom stereocenters. The Labute approximate surface area is 180 Å². The molecule has 0 spiro atoms. The molecule has 3 fully saturated rings. The smallest absolute Gasteiger partial charge is 0.328 e. The highest BCUT2D eigenvalue weighted by Crippen LogP contribution is 2.28. The van der Waals surface area contributed by atoms with Crippen LogP contribution in [-0.2, 0) is 16.1 Å². The van der Waals surface area contributed by atoms with Crippen molar-refractivity contribution in [1.82, 2.24) is 25.3 Å². The van der Waals surface area contributed by atoms with Crippen LogP contribution >= 0.6 is 23.2 Å². The van der Waals surface area contributed by atoms with Gasteiger partial charge in [-0.05, 0) is 37.6 Å². The molecule has 29 heavy (non-hydrogen) atoms. The topological polar surface area (TPSA) is 77.2 Å². The SMILES string of the molecule is CN1C(=O)N(Cc2ccc(Cl)c(Cl)c2)C(=O)C2C1NC(N[C@@H]1CCCOC1)N2C. The van der Waals surface area contributed by atoms with Gasteiger partial charge in [0, 0.05) is 19.7 Å². The standard InChI is InChI=1S/C19H25Cl2N5O3/c1-24-15-16(23-18(24)22-12-4-3-7-29-10-12)25(2)19(28)26(17(15)27)9-11-5-6-13(20)14(21)8-11/h5-6,8,12,15-16,18,22-23H,3-4,7,9-10H2,1-2H3/t12-,15?,16?,18?/m1/s1. The number of nitrogens with zero attached hydrogens (tertiary/aromatic N) is 3.